The monoisotopic (exact) mass is 624 g/mol. The molecule has 0 saturated heterocycles. The molecule has 0 unspecified atom stereocenters. The molecular formula is C47H32N2. The highest BCUT2D eigenvalue weighted by Gasteiger charge is 2.35. The van der Waals surface area contributed by atoms with Gasteiger partial charge < -0.3 is 9.13 Å². The normalized spacial score (nSPS) is 13.7. The maximum Gasteiger partial charge on any atom is 0.0562 e. The molecule has 2 aromatic heterocycles. The number of aromatic nitrogens is 2. The lowest BCUT2D eigenvalue weighted by molar-refractivity contribution is 0.660. The minimum absolute atomic E-state index is 0.0677. The third kappa shape index (κ3) is 3.55. The molecular weight excluding hydrogens is 593 g/mol. The van der Waals surface area contributed by atoms with Gasteiger partial charge in [-0.15, -0.1) is 0 Å². The van der Waals surface area contributed by atoms with Crippen LogP contribution in [0.4, 0.5) is 0 Å². The molecule has 0 radical (unpaired) electrons. The van der Waals surface area contributed by atoms with Crippen molar-refractivity contribution in [3.8, 4) is 22.5 Å². The van der Waals surface area contributed by atoms with E-state index in [1.165, 1.54) is 98.8 Å². The summed E-state index contributed by atoms with van der Waals surface area (Å²) in [6.07, 6.45) is 0. The molecule has 0 spiro atoms. The lowest BCUT2D eigenvalue weighted by atomic mass is 9.82. The van der Waals surface area contributed by atoms with E-state index < -0.39 is 0 Å². The highest BCUT2D eigenvalue weighted by molar-refractivity contribution is 6.19. The minimum atomic E-state index is -0.0677. The van der Waals surface area contributed by atoms with E-state index >= 15 is 0 Å². The Hall–Kier alpha value is -6.12. The Labute approximate surface area is 284 Å². The van der Waals surface area contributed by atoms with Crippen LogP contribution in [0, 0.1) is 0 Å². The second-order valence-electron chi connectivity index (χ2n) is 14.2. The molecule has 8 aromatic carbocycles. The molecule has 0 saturated carbocycles. The summed E-state index contributed by atoms with van der Waals surface area (Å²) in [5.41, 5.74) is 12.7. The van der Waals surface area contributed by atoms with Crippen LogP contribution in [0.2, 0.25) is 0 Å². The maximum atomic E-state index is 2.48. The summed E-state index contributed by atoms with van der Waals surface area (Å²) >= 11 is 0. The van der Waals surface area contributed by atoms with E-state index in [0.29, 0.717) is 0 Å². The second kappa shape index (κ2) is 9.49. The number of hydrogen-bond donors (Lipinski definition) is 0. The molecule has 230 valence electrons. The summed E-state index contributed by atoms with van der Waals surface area (Å²) in [5, 5.41) is 10.2. The van der Waals surface area contributed by atoms with Crippen molar-refractivity contribution in [1.82, 2.24) is 9.13 Å². The van der Waals surface area contributed by atoms with E-state index in [1.807, 2.05) is 0 Å². The molecule has 11 rings (SSSR count). The van der Waals surface area contributed by atoms with Gasteiger partial charge in [0.2, 0.25) is 0 Å². The lowest BCUT2D eigenvalue weighted by Gasteiger charge is -2.22. The van der Waals surface area contributed by atoms with Crippen molar-refractivity contribution in [3.05, 3.63) is 169 Å². The molecule has 0 amide bonds. The Morgan fingerprint density at radius 3 is 1.65 bits per heavy atom. The van der Waals surface area contributed by atoms with E-state index in [-0.39, 0.29) is 5.41 Å². The molecule has 0 aliphatic heterocycles. The van der Waals surface area contributed by atoms with Crippen LogP contribution in [0.3, 0.4) is 0 Å². The third-order valence-electron chi connectivity index (χ3n) is 11.3. The number of fused-ring (bicyclic) bond motifs is 12. The third-order valence-corrected chi connectivity index (χ3v) is 11.3. The highest BCUT2D eigenvalue weighted by atomic mass is 15.0. The fourth-order valence-electron chi connectivity index (χ4n) is 8.96. The largest absolute Gasteiger partial charge is 0.309 e. The molecule has 49 heavy (non-hydrogen) atoms. The average molecular weight is 625 g/mol. The Kier molecular flexibility index (Phi) is 5.21. The van der Waals surface area contributed by atoms with Crippen molar-refractivity contribution in [2.45, 2.75) is 19.3 Å². The van der Waals surface area contributed by atoms with E-state index in [9.17, 15) is 0 Å². The van der Waals surface area contributed by atoms with Crippen LogP contribution < -0.4 is 0 Å². The smallest absolute Gasteiger partial charge is 0.0562 e. The first-order valence-corrected chi connectivity index (χ1v) is 17.2. The van der Waals surface area contributed by atoms with Crippen LogP contribution in [-0.2, 0) is 5.41 Å². The number of hydrogen-bond acceptors (Lipinski definition) is 0. The van der Waals surface area contributed by atoms with Crippen LogP contribution in [-0.4, -0.2) is 9.13 Å². The first-order valence-electron chi connectivity index (χ1n) is 17.2. The summed E-state index contributed by atoms with van der Waals surface area (Å²) in [5.74, 6) is 0. The van der Waals surface area contributed by atoms with Crippen molar-refractivity contribution in [2.75, 3.05) is 0 Å². The summed E-state index contributed by atoms with van der Waals surface area (Å²) in [6, 6.07) is 58.7. The summed E-state index contributed by atoms with van der Waals surface area (Å²) in [6.45, 7) is 4.73. The number of nitrogens with zero attached hydrogens (tertiary/aromatic N) is 2. The summed E-state index contributed by atoms with van der Waals surface area (Å²) < 4.78 is 4.95. The van der Waals surface area contributed by atoms with Crippen molar-refractivity contribution in [1.29, 1.82) is 0 Å². The maximum absolute atomic E-state index is 2.48. The second-order valence-corrected chi connectivity index (χ2v) is 14.2. The summed E-state index contributed by atoms with van der Waals surface area (Å²) in [4.78, 5) is 0. The quantitative estimate of drug-likeness (QED) is 0.169. The SMILES string of the molecule is CC1(C)c2ccccc2-c2ccc(-n3c4ccccc4c4cc5c6ccccc6n(-c6ccc7c(ccc8ccccc87)c6)c5cc43)cc21. The van der Waals surface area contributed by atoms with Gasteiger partial charge in [0.15, 0.2) is 0 Å². The van der Waals surface area contributed by atoms with E-state index in [4.69, 9.17) is 0 Å². The lowest BCUT2D eigenvalue weighted by Crippen LogP contribution is -2.15. The van der Waals surface area contributed by atoms with Crippen molar-refractivity contribution < 1.29 is 0 Å². The van der Waals surface area contributed by atoms with Gasteiger partial charge in [0.05, 0.1) is 22.1 Å². The number of para-hydroxylation sites is 2. The molecule has 0 atom stereocenters. The molecule has 0 bridgehead atoms. The summed E-state index contributed by atoms with van der Waals surface area (Å²) in [7, 11) is 0. The van der Waals surface area contributed by atoms with Gasteiger partial charge in [0.1, 0.15) is 0 Å². The highest BCUT2D eigenvalue weighted by Crippen LogP contribution is 2.49. The molecule has 1 aliphatic carbocycles. The first-order chi connectivity index (χ1) is 24.1. The van der Waals surface area contributed by atoms with Gasteiger partial charge in [-0.2, -0.15) is 0 Å². The average Bonchev–Trinajstić information content (AvgIpc) is 3.73. The van der Waals surface area contributed by atoms with Gasteiger partial charge in [-0.1, -0.05) is 123 Å². The number of benzene rings is 8. The van der Waals surface area contributed by atoms with Gasteiger partial charge >= 0.3 is 0 Å². The molecule has 2 nitrogen and oxygen atoms in total. The first kappa shape index (κ1) is 26.9. The predicted octanol–water partition coefficient (Wildman–Crippen LogP) is 12.5. The van der Waals surface area contributed by atoms with E-state index in [1.54, 1.807) is 0 Å². The predicted molar refractivity (Wildman–Crippen MR) is 208 cm³/mol. The minimum Gasteiger partial charge on any atom is -0.309 e. The Morgan fingerprint density at radius 1 is 0.347 bits per heavy atom. The topological polar surface area (TPSA) is 9.86 Å². The zero-order valence-electron chi connectivity index (χ0n) is 27.4. The van der Waals surface area contributed by atoms with Crippen LogP contribution in [0.25, 0.3) is 87.7 Å². The van der Waals surface area contributed by atoms with Crippen molar-refractivity contribution in [2.24, 2.45) is 0 Å². The van der Waals surface area contributed by atoms with Gasteiger partial charge in [0, 0.05) is 38.3 Å². The Bertz CT molecular complexity index is 3020. The molecule has 2 heteroatoms. The Morgan fingerprint density at radius 2 is 0.898 bits per heavy atom. The van der Waals surface area contributed by atoms with Gasteiger partial charge in [-0.25, -0.2) is 0 Å². The standard InChI is InChI=1S/C47H32N2/c1-47(2)41-16-8-5-13-35(41)36-24-22-32(26-42(36)47)49-44-18-10-7-15-38(44)40-27-39-37-14-6-9-17-43(37)48(45(39)28-46(40)49)31-21-23-34-30(25-31)20-19-29-11-3-4-12-33(29)34/h3-28H,1-2H3. The molecule has 0 N–H and O–H groups in total. The van der Waals surface area contributed by atoms with Crippen LogP contribution in [0.5, 0.6) is 0 Å². The number of rotatable bonds is 2. The van der Waals surface area contributed by atoms with Crippen molar-refractivity contribution >= 4 is 65.2 Å². The zero-order valence-corrected chi connectivity index (χ0v) is 27.4. The van der Waals surface area contributed by atoms with E-state index in [2.05, 4.69) is 181 Å². The Balaban J connectivity index is 1.21. The molecule has 0 fully saturated rings. The van der Waals surface area contributed by atoms with Crippen LogP contribution >= 0.6 is 0 Å². The fraction of sp³-hybridized carbons (Fsp3) is 0.0638. The van der Waals surface area contributed by atoms with Gasteiger partial charge in [-0.3, -0.25) is 0 Å². The van der Waals surface area contributed by atoms with Crippen LogP contribution in [0.1, 0.15) is 25.0 Å². The van der Waals surface area contributed by atoms with E-state index in [0.717, 1.165) is 0 Å². The van der Waals surface area contributed by atoms with Gasteiger partial charge in [-0.05, 0) is 92.3 Å². The molecule has 1 aliphatic rings. The fourth-order valence-corrected chi connectivity index (χ4v) is 8.96. The zero-order chi connectivity index (χ0) is 32.4. The van der Waals surface area contributed by atoms with Crippen molar-refractivity contribution in [3.63, 3.8) is 0 Å². The molecule has 2 heterocycles. The molecule has 10 aromatic rings. The van der Waals surface area contributed by atoms with Gasteiger partial charge in [0.25, 0.3) is 0 Å². The van der Waals surface area contributed by atoms with Crippen LogP contribution in [0.15, 0.2) is 158 Å².